The van der Waals surface area contributed by atoms with E-state index < -0.39 is 11.5 Å². The summed E-state index contributed by atoms with van der Waals surface area (Å²) in [5.41, 5.74) is 0.191. The maximum atomic E-state index is 16.8. The summed E-state index contributed by atoms with van der Waals surface area (Å²) in [4.78, 5) is 18.8. The normalized spacial score (nSPS) is 30.8. The van der Waals surface area contributed by atoms with Gasteiger partial charge in [-0.2, -0.15) is 9.97 Å². The third-order valence-electron chi connectivity index (χ3n) is 11.4. The lowest BCUT2D eigenvalue weighted by molar-refractivity contribution is 0.0811. The summed E-state index contributed by atoms with van der Waals surface area (Å²) in [5.74, 6) is 0.0859. The molecule has 5 aliphatic rings. The number of phenols is 1. The first-order chi connectivity index (χ1) is 21.8. The van der Waals surface area contributed by atoms with E-state index in [1.165, 1.54) is 0 Å². The van der Waals surface area contributed by atoms with E-state index in [2.05, 4.69) is 20.1 Å². The molecule has 1 aliphatic carbocycles. The number of nitrogens with one attached hydrogen (secondary N) is 1. The number of aromatic nitrogens is 3. The molecule has 6 heterocycles. The van der Waals surface area contributed by atoms with Gasteiger partial charge in [-0.1, -0.05) is 18.2 Å². The summed E-state index contributed by atoms with van der Waals surface area (Å²) in [6.45, 7) is 4.64. The average Bonchev–Trinajstić information content (AvgIpc) is 3.74. The predicted molar refractivity (Wildman–Crippen MR) is 169 cm³/mol. The predicted octanol–water partition coefficient (Wildman–Crippen LogP) is 5.82. The summed E-state index contributed by atoms with van der Waals surface area (Å²) < 4.78 is 39.2. The summed E-state index contributed by atoms with van der Waals surface area (Å²) in [6, 6.07) is 9.81. The average molecular weight is 613 g/mol. The van der Waals surface area contributed by atoms with Gasteiger partial charge in [0.05, 0.1) is 10.9 Å². The molecule has 5 fully saturated rings. The second-order valence-corrected chi connectivity index (χ2v) is 14.2. The highest BCUT2D eigenvalue weighted by atomic mass is 19.1. The Kier molecular flexibility index (Phi) is 6.11. The number of halogens is 2. The van der Waals surface area contributed by atoms with Gasteiger partial charge in [0.1, 0.15) is 35.1 Å². The van der Waals surface area contributed by atoms with E-state index >= 15 is 8.78 Å². The van der Waals surface area contributed by atoms with Crippen LogP contribution in [0.15, 0.2) is 36.5 Å². The van der Waals surface area contributed by atoms with Crippen LogP contribution in [0.5, 0.6) is 11.8 Å². The molecule has 8 nitrogen and oxygen atoms in total. The molecular formula is C35H38F2N6O2. The van der Waals surface area contributed by atoms with Crippen LogP contribution < -0.4 is 15.0 Å². The van der Waals surface area contributed by atoms with Crippen LogP contribution in [0.3, 0.4) is 0 Å². The fourth-order valence-corrected chi connectivity index (χ4v) is 9.51. The number of aromatic hydroxyl groups is 1. The molecule has 45 heavy (non-hydrogen) atoms. The zero-order valence-electron chi connectivity index (χ0n) is 25.5. The Bertz CT molecular complexity index is 1840. The van der Waals surface area contributed by atoms with Crippen LogP contribution in [0.2, 0.25) is 0 Å². The van der Waals surface area contributed by atoms with E-state index in [0.717, 1.165) is 74.5 Å². The van der Waals surface area contributed by atoms with Gasteiger partial charge in [0.2, 0.25) is 0 Å². The number of phenolic OH excluding ortho intramolecular Hbond substituents is 1. The van der Waals surface area contributed by atoms with Gasteiger partial charge >= 0.3 is 6.01 Å². The van der Waals surface area contributed by atoms with Gasteiger partial charge in [-0.25, -0.2) is 8.78 Å². The van der Waals surface area contributed by atoms with Crippen molar-refractivity contribution < 1.29 is 18.6 Å². The Morgan fingerprint density at radius 2 is 1.93 bits per heavy atom. The van der Waals surface area contributed by atoms with Crippen molar-refractivity contribution in [3.63, 3.8) is 0 Å². The minimum atomic E-state index is -1.16. The van der Waals surface area contributed by atoms with Gasteiger partial charge in [-0.15, -0.1) is 0 Å². The number of ether oxygens (including phenoxy) is 1. The van der Waals surface area contributed by atoms with Crippen molar-refractivity contribution in [2.24, 2.45) is 0 Å². The van der Waals surface area contributed by atoms with Gasteiger partial charge in [0, 0.05) is 49.4 Å². The molecule has 1 saturated carbocycles. The molecule has 2 N–H and O–H groups in total. The molecule has 2 bridgehead atoms. The van der Waals surface area contributed by atoms with Crippen LogP contribution in [-0.2, 0) is 0 Å². The molecule has 4 aromatic rings. The second-order valence-electron chi connectivity index (χ2n) is 14.2. The summed E-state index contributed by atoms with van der Waals surface area (Å²) in [6.07, 6.45) is 8.66. The maximum absolute atomic E-state index is 16.8. The number of pyridine rings is 1. The van der Waals surface area contributed by atoms with Crippen molar-refractivity contribution in [3.8, 4) is 23.0 Å². The number of rotatable bonds is 5. The van der Waals surface area contributed by atoms with E-state index in [1.54, 1.807) is 18.3 Å². The van der Waals surface area contributed by atoms with Crippen molar-refractivity contribution in [3.05, 3.63) is 47.9 Å². The first-order valence-electron chi connectivity index (χ1n) is 16.5. The lowest BCUT2D eigenvalue weighted by atomic mass is 9.88. The first kappa shape index (κ1) is 27.7. The summed E-state index contributed by atoms with van der Waals surface area (Å²) >= 11 is 0. The van der Waals surface area contributed by atoms with E-state index in [-0.39, 0.29) is 41.2 Å². The van der Waals surface area contributed by atoms with Crippen molar-refractivity contribution in [1.82, 2.24) is 25.2 Å². The standard InChI is InChI=1S/C35H38F2N6O2/c1-20-5-2-6-21-13-24(44)14-25(28(20)21)30-29(36)31-26(15-38-30)32(42-16-22-8-9-23(17-42)39-22)41-33(40-31)45-19-34-10-4-12-43(34)27-7-3-11-35(27,37)18-34/h2,5-6,13-15,22-23,27,39,44H,3-4,7-12,16-19H2,1H3/t22?,23?,27-,34+,35+/m1/s1. The molecule has 0 radical (unpaired) electrons. The molecular weight excluding hydrogens is 574 g/mol. The second kappa shape index (κ2) is 9.93. The third kappa shape index (κ3) is 4.24. The summed E-state index contributed by atoms with van der Waals surface area (Å²) in [5, 5.41) is 16.4. The minimum Gasteiger partial charge on any atom is -0.508 e. The Hall–Kier alpha value is -3.63. The Morgan fingerprint density at radius 3 is 2.78 bits per heavy atom. The number of nitrogens with zero attached hydrogens (tertiary/aromatic N) is 5. The number of benzene rings is 2. The van der Waals surface area contributed by atoms with Gasteiger partial charge in [-0.05, 0) is 86.9 Å². The number of hydrogen-bond donors (Lipinski definition) is 2. The Morgan fingerprint density at radius 1 is 1.09 bits per heavy atom. The fourth-order valence-electron chi connectivity index (χ4n) is 9.51. The third-order valence-corrected chi connectivity index (χ3v) is 11.4. The molecule has 4 saturated heterocycles. The van der Waals surface area contributed by atoms with Crippen molar-refractivity contribution >= 4 is 27.5 Å². The molecule has 0 spiro atoms. The Labute approximate surface area is 260 Å². The van der Waals surface area contributed by atoms with Crippen molar-refractivity contribution in [1.29, 1.82) is 0 Å². The van der Waals surface area contributed by atoms with E-state index in [1.807, 2.05) is 25.1 Å². The molecule has 2 unspecified atom stereocenters. The molecule has 2 aromatic heterocycles. The SMILES string of the molecule is Cc1cccc2cc(O)cc(-c3ncc4c(N5CC6CCC(C5)N6)nc(OC[C@@]56CCCN5[C@@H]5CCC[C@]5(F)C6)nc4c3F)c12. The molecule has 10 heteroatoms. The molecule has 9 rings (SSSR count). The summed E-state index contributed by atoms with van der Waals surface area (Å²) in [7, 11) is 0. The number of hydrogen-bond acceptors (Lipinski definition) is 8. The number of piperazine rings is 1. The van der Waals surface area contributed by atoms with Crippen LogP contribution in [0.4, 0.5) is 14.6 Å². The maximum Gasteiger partial charge on any atom is 0.319 e. The zero-order chi connectivity index (χ0) is 30.5. The molecule has 234 valence electrons. The highest BCUT2D eigenvalue weighted by Gasteiger charge is 2.63. The monoisotopic (exact) mass is 612 g/mol. The van der Waals surface area contributed by atoms with Gasteiger partial charge in [-0.3, -0.25) is 9.88 Å². The molecule has 4 aliphatic heterocycles. The highest BCUT2D eigenvalue weighted by Crippen LogP contribution is 2.55. The zero-order valence-corrected chi connectivity index (χ0v) is 25.5. The van der Waals surface area contributed by atoms with Crippen LogP contribution in [0.25, 0.3) is 32.9 Å². The minimum absolute atomic E-state index is 0.0420. The van der Waals surface area contributed by atoms with Crippen molar-refractivity contribution in [2.45, 2.75) is 87.6 Å². The van der Waals surface area contributed by atoms with Gasteiger partial charge < -0.3 is 20.1 Å². The largest absolute Gasteiger partial charge is 0.508 e. The molecule has 2 aromatic carbocycles. The molecule has 0 amide bonds. The topological polar surface area (TPSA) is 86.6 Å². The Balaban J connectivity index is 1.15. The first-order valence-corrected chi connectivity index (χ1v) is 16.5. The van der Waals surface area contributed by atoms with E-state index in [4.69, 9.17) is 14.7 Å². The lowest BCUT2D eigenvalue weighted by Crippen LogP contribution is -2.51. The van der Waals surface area contributed by atoms with Gasteiger partial charge in [0.25, 0.3) is 0 Å². The fraction of sp³-hybridized carbons (Fsp3) is 0.514. The number of anilines is 1. The van der Waals surface area contributed by atoms with E-state index in [9.17, 15) is 5.11 Å². The lowest BCUT2D eigenvalue weighted by Gasteiger charge is -2.35. The van der Waals surface area contributed by atoms with Gasteiger partial charge in [0.15, 0.2) is 5.82 Å². The van der Waals surface area contributed by atoms with Crippen LogP contribution in [0, 0.1) is 12.7 Å². The quantitative estimate of drug-likeness (QED) is 0.292. The molecule has 5 atom stereocenters. The van der Waals surface area contributed by atoms with E-state index in [0.29, 0.717) is 41.7 Å². The van der Waals surface area contributed by atoms with Crippen molar-refractivity contribution in [2.75, 3.05) is 31.1 Å². The van der Waals surface area contributed by atoms with Crippen LogP contribution in [0.1, 0.15) is 56.9 Å². The number of alkyl halides is 1. The smallest absolute Gasteiger partial charge is 0.319 e. The number of aryl methyl sites for hydroxylation is 1. The number of fused-ring (bicyclic) bond motifs is 7. The van der Waals surface area contributed by atoms with Crippen LogP contribution >= 0.6 is 0 Å². The highest BCUT2D eigenvalue weighted by molar-refractivity contribution is 6.01. The van der Waals surface area contributed by atoms with Crippen LogP contribution in [-0.4, -0.2) is 80.5 Å².